The van der Waals surface area contributed by atoms with Gasteiger partial charge in [0.2, 0.25) is 0 Å². The number of carbonyl (C=O) groups excluding carboxylic acids is 1. The second-order valence-electron chi connectivity index (χ2n) is 6.52. The Balaban J connectivity index is 1.76. The van der Waals surface area contributed by atoms with Crippen molar-refractivity contribution in [2.24, 2.45) is 0 Å². The van der Waals surface area contributed by atoms with Crippen molar-refractivity contribution < 1.29 is 9.53 Å². The van der Waals surface area contributed by atoms with Gasteiger partial charge in [0.25, 0.3) is 0 Å². The number of aryl methyl sites for hydroxylation is 1. The lowest BCUT2D eigenvalue weighted by molar-refractivity contribution is 0.0378. The number of ether oxygens (including phenoxy) is 1. The minimum absolute atomic E-state index is 0.0325. The van der Waals surface area contributed by atoms with Gasteiger partial charge in [-0.05, 0) is 49.2 Å². The Morgan fingerprint density at radius 3 is 2.75 bits per heavy atom. The van der Waals surface area contributed by atoms with E-state index in [2.05, 4.69) is 40.3 Å². The molecular weight excluding hydrogens is 368 g/mol. The molecular formula is C19H19BrN2O2. The van der Waals surface area contributed by atoms with Gasteiger partial charge < -0.3 is 10.1 Å². The zero-order chi connectivity index (χ0) is 16.9. The van der Waals surface area contributed by atoms with E-state index in [9.17, 15) is 4.79 Å². The van der Waals surface area contributed by atoms with Crippen molar-refractivity contribution in [3.8, 4) is 5.75 Å². The molecule has 4 rings (SSSR count). The van der Waals surface area contributed by atoms with Crippen LogP contribution in [0.5, 0.6) is 5.75 Å². The van der Waals surface area contributed by atoms with Crippen LogP contribution in [0.1, 0.15) is 37.4 Å². The third kappa shape index (κ3) is 2.38. The van der Waals surface area contributed by atoms with Crippen LogP contribution in [-0.2, 0) is 6.42 Å². The van der Waals surface area contributed by atoms with Gasteiger partial charge in [-0.1, -0.05) is 35.0 Å². The fraction of sp³-hybridized carbons (Fsp3) is 0.316. The van der Waals surface area contributed by atoms with Gasteiger partial charge in [-0.15, -0.1) is 0 Å². The summed E-state index contributed by atoms with van der Waals surface area (Å²) in [5.41, 5.74) is 2.43. The molecule has 0 unspecified atom stereocenters. The predicted octanol–water partition coefficient (Wildman–Crippen LogP) is 4.78. The largest absolute Gasteiger partial charge is 0.467 e. The number of anilines is 1. The Morgan fingerprint density at radius 1 is 1.29 bits per heavy atom. The van der Waals surface area contributed by atoms with Crippen LogP contribution < -0.4 is 15.0 Å². The highest BCUT2D eigenvalue weighted by Crippen LogP contribution is 2.46. The molecule has 5 heteroatoms. The minimum Gasteiger partial charge on any atom is -0.467 e. The molecule has 0 saturated carbocycles. The molecule has 2 aliphatic heterocycles. The summed E-state index contributed by atoms with van der Waals surface area (Å²) in [6, 6.07) is 13.9. The molecule has 0 aliphatic carbocycles. The van der Waals surface area contributed by atoms with Gasteiger partial charge in [0.05, 0.1) is 6.04 Å². The fourth-order valence-corrected chi connectivity index (χ4v) is 4.00. The molecule has 2 heterocycles. The van der Waals surface area contributed by atoms with Gasteiger partial charge in [0.1, 0.15) is 5.75 Å². The second kappa shape index (κ2) is 5.52. The first-order valence-corrected chi connectivity index (χ1v) is 8.97. The number of carbonyl (C=O) groups is 1. The van der Waals surface area contributed by atoms with E-state index >= 15 is 0 Å². The van der Waals surface area contributed by atoms with Crippen LogP contribution in [0.25, 0.3) is 0 Å². The maximum absolute atomic E-state index is 12.8. The van der Waals surface area contributed by atoms with Crippen LogP contribution >= 0.6 is 15.9 Å². The van der Waals surface area contributed by atoms with E-state index in [1.807, 2.05) is 37.3 Å². The van der Waals surface area contributed by atoms with E-state index in [4.69, 9.17) is 4.74 Å². The van der Waals surface area contributed by atoms with Crippen molar-refractivity contribution >= 4 is 27.6 Å². The number of amides is 2. The number of urea groups is 1. The summed E-state index contributed by atoms with van der Waals surface area (Å²) >= 11 is 3.49. The third-order valence-corrected chi connectivity index (χ3v) is 5.33. The van der Waals surface area contributed by atoms with Crippen molar-refractivity contribution in [2.75, 3.05) is 4.90 Å². The summed E-state index contributed by atoms with van der Waals surface area (Å²) in [5, 5.41) is 3.12. The molecule has 0 radical (unpaired) electrons. The van der Waals surface area contributed by atoms with Crippen molar-refractivity contribution in [3.63, 3.8) is 0 Å². The minimum atomic E-state index is -0.693. The Morgan fingerprint density at radius 2 is 2.04 bits per heavy atom. The smallest absolute Gasteiger partial charge is 0.325 e. The highest BCUT2D eigenvalue weighted by atomic mass is 79.9. The molecule has 2 aromatic rings. The van der Waals surface area contributed by atoms with E-state index in [-0.39, 0.29) is 12.1 Å². The van der Waals surface area contributed by atoms with Crippen molar-refractivity contribution in [2.45, 2.75) is 38.5 Å². The molecule has 2 bridgehead atoms. The van der Waals surface area contributed by atoms with E-state index in [1.165, 1.54) is 5.56 Å². The Hall–Kier alpha value is -2.01. The first-order chi connectivity index (χ1) is 11.5. The summed E-state index contributed by atoms with van der Waals surface area (Å²) in [4.78, 5) is 14.5. The average Bonchev–Trinajstić information content (AvgIpc) is 2.55. The van der Waals surface area contributed by atoms with Gasteiger partial charge in [0, 0.05) is 22.1 Å². The molecule has 124 valence electrons. The zero-order valence-electron chi connectivity index (χ0n) is 13.7. The summed E-state index contributed by atoms with van der Waals surface area (Å²) in [5.74, 6) is 0.826. The third-order valence-electron chi connectivity index (χ3n) is 4.84. The SMILES string of the molecule is CCc1ccc(N2C(=O)N[C@H]3C[C@]2(C)Oc2ccc(Br)cc23)cc1. The molecule has 1 fully saturated rings. The Bertz CT molecular complexity index is 806. The zero-order valence-corrected chi connectivity index (χ0v) is 15.3. The maximum Gasteiger partial charge on any atom is 0.325 e. The maximum atomic E-state index is 12.8. The highest BCUT2D eigenvalue weighted by molar-refractivity contribution is 9.10. The van der Waals surface area contributed by atoms with E-state index in [0.717, 1.165) is 27.9 Å². The average molecular weight is 387 g/mol. The van der Waals surface area contributed by atoms with Crippen LogP contribution in [0.2, 0.25) is 0 Å². The van der Waals surface area contributed by atoms with E-state index < -0.39 is 5.72 Å². The molecule has 24 heavy (non-hydrogen) atoms. The van der Waals surface area contributed by atoms with Gasteiger partial charge in [0.15, 0.2) is 5.72 Å². The summed E-state index contributed by atoms with van der Waals surface area (Å²) in [7, 11) is 0. The number of benzene rings is 2. The predicted molar refractivity (Wildman–Crippen MR) is 97.4 cm³/mol. The first kappa shape index (κ1) is 15.5. The van der Waals surface area contributed by atoms with Crippen LogP contribution in [0.4, 0.5) is 10.5 Å². The van der Waals surface area contributed by atoms with Crippen LogP contribution in [0.15, 0.2) is 46.9 Å². The van der Waals surface area contributed by atoms with Gasteiger partial charge >= 0.3 is 6.03 Å². The molecule has 2 atom stereocenters. The second-order valence-corrected chi connectivity index (χ2v) is 7.44. The van der Waals surface area contributed by atoms with Crippen molar-refractivity contribution in [1.29, 1.82) is 0 Å². The number of hydrogen-bond acceptors (Lipinski definition) is 2. The molecule has 2 aromatic carbocycles. The Kier molecular flexibility index (Phi) is 3.57. The topological polar surface area (TPSA) is 41.6 Å². The summed E-state index contributed by atoms with van der Waals surface area (Å²) in [6.07, 6.45) is 1.68. The van der Waals surface area contributed by atoms with Crippen LogP contribution in [0.3, 0.4) is 0 Å². The molecule has 2 amide bonds. The number of hydrogen-bond donors (Lipinski definition) is 1. The number of nitrogens with one attached hydrogen (secondary N) is 1. The van der Waals surface area contributed by atoms with E-state index in [1.54, 1.807) is 4.90 Å². The normalized spacial score (nSPS) is 24.9. The molecule has 4 nitrogen and oxygen atoms in total. The van der Waals surface area contributed by atoms with Crippen molar-refractivity contribution in [1.82, 2.24) is 5.32 Å². The molecule has 2 aliphatic rings. The number of nitrogens with zero attached hydrogens (tertiary/aromatic N) is 1. The van der Waals surface area contributed by atoms with E-state index in [0.29, 0.717) is 6.42 Å². The Labute approximate surface area is 149 Å². The van der Waals surface area contributed by atoms with Gasteiger partial charge in [-0.2, -0.15) is 0 Å². The monoisotopic (exact) mass is 386 g/mol. The van der Waals surface area contributed by atoms with Gasteiger partial charge in [-0.25, -0.2) is 4.79 Å². The lowest BCUT2D eigenvalue weighted by atomic mass is 9.90. The highest BCUT2D eigenvalue weighted by Gasteiger charge is 2.49. The van der Waals surface area contributed by atoms with Crippen molar-refractivity contribution in [3.05, 3.63) is 58.1 Å². The standard InChI is InChI=1S/C19H19BrN2O2/c1-3-12-4-7-14(8-5-12)22-18(23)21-16-11-19(22,2)24-17-9-6-13(20)10-15(16)17/h4-10,16H,3,11H2,1-2H3,(H,21,23)/t16-,19-/m0/s1. The molecule has 1 N–H and O–H groups in total. The quantitative estimate of drug-likeness (QED) is 0.806. The fourth-order valence-electron chi connectivity index (χ4n) is 3.62. The molecule has 1 saturated heterocycles. The number of fused-ring (bicyclic) bond motifs is 4. The summed E-state index contributed by atoms with van der Waals surface area (Å²) < 4.78 is 7.27. The lowest BCUT2D eigenvalue weighted by Crippen LogP contribution is -2.65. The summed E-state index contributed by atoms with van der Waals surface area (Å²) in [6.45, 7) is 4.10. The van der Waals surface area contributed by atoms with Crippen LogP contribution in [-0.4, -0.2) is 11.8 Å². The lowest BCUT2D eigenvalue weighted by Gasteiger charge is -2.50. The number of halogens is 1. The first-order valence-electron chi connectivity index (χ1n) is 8.18. The number of rotatable bonds is 2. The van der Waals surface area contributed by atoms with Crippen LogP contribution in [0, 0.1) is 0 Å². The molecule has 0 aromatic heterocycles. The van der Waals surface area contributed by atoms with Gasteiger partial charge in [-0.3, -0.25) is 4.90 Å². The molecule has 0 spiro atoms.